The minimum Gasteiger partial charge on any atom is -0.497 e. The van der Waals surface area contributed by atoms with Crippen molar-refractivity contribution in [2.24, 2.45) is 0 Å². The van der Waals surface area contributed by atoms with E-state index in [-0.39, 0.29) is 50.8 Å². The van der Waals surface area contributed by atoms with E-state index in [2.05, 4.69) is 53.8 Å². The molecule has 88 heavy (non-hydrogen) atoms. The van der Waals surface area contributed by atoms with Crippen LogP contribution in [-0.4, -0.2) is 108 Å². The van der Waals surface area contributed by atoms with Crippen molar-refractivity contribution in [1.82, 2.24) is 4.90 Å². The monoisotopic (exact) mass is 1320 g/mol. The van der Waals surface area contributed by atoms with E-state index in [9.17, 15) is 0 Å². The summed E-state index contributed by atoms with van der Waals surface area (Å²) < 4.78 is 76.5. The third kappa shape index (κ3) is 16.2. The molecule has 2 amide bonds. The molecule has 12 atom stereocenters. The third-order valence-electron chi connectivity index (χ3n) is 15.5. The van der Waals surface area contributed by atoms with Crippen molar-refractivity contribution in [3.8, 4) is 11.5 Å². The molecule has 8 aromatic rings. The van der Waals surface area contributed by atoms with E-state index in [1.807, 2.05) is 159 Å². The zero-order valence-corrected chi connectivity index (χ0v) is 52.3. The van der Waals surface area contributed by atoms with Crippen LogP contribution in [0.2, 0.25) is 0 Å². The number of methoxy groups -OCH3 is 1. The van der Waals surface area contributed by atoms with Gasteiger partial charge in [0.25, 0.3) is 11.8 Å². The van der Waals surface area contributed by atoms with Gasteiger partial charge < -0.3 is 52.1 Å². The van der Waals surface area contributed by atoms with Gasteiger partial charge in [0, 0.05) is 4.90 Å². The summed E-state index contributed by atoms with van der Waals surface area (Å²) in [4.78, 5) is 32.2. The van der Waals surface area contributed by atoms with Crippen molar-refractivity contribution < 1.29 is 61.7 Å². The van der Waals surface area contributed by atoms with Crippen LogP contribution in [0.1, 0.15) is 61.0 Å². The largest absolute Gasteiger partial charge is 0.497 e. The number of alkyl halides is 1. The minimum absolute atomic E-state index is 0.0360. The fourth-order valence-corrected chi connectivity index (χ4v) is 12.5. The second-order valence-corrected chi connectivity index (χ2v) is 25.0. The van der Waals surface area contributed by atoms with E-state index < -0.39 is 82.5 Å². The number of carbonyl (C=O) groups is 2. The molecule has 2 unspecified atom stereocenters. The highest BCUT2D eigenvalue weighted by Gasteiger charge is 2.58. The van der Waals surface area contributed by atoms with Crippen LogP contribution in [0.3, 0.4) is 0 Å². The molecule has 3 aliphatic heterocycles. The fraction of sp³-hybridized carbons (Fsp3) is 0.306. The first-order valence-electron chi connectivity index (χ1n) is 29.6. The molecule has 0 radical (unpaired) electrons. The number of hydrogen-bond acceptors (Lipinski definition) is 14. The van der Waals surface area contributed by atoms with Gasteiger partial charge in [-0.3, -0.25) is 14.5 Å². The molecular formula is C72H72INO13S. The Morgan fingerprint density at radius 3 is 1.38 bits per heavy atom. The summed E-state index contributed by atoms with van der Waals surface area (Å²) in [5.74, 6) is -0.0653. The first-order valence-corrected chi connectivity index (χ1v) is 31.7. The number of benzene rings is 8. The molecule has 2 saturated heterocycles. The lowest BCUT2D eigenvalue weighted by atomic mass is 9.94. The number of hydrogen-bond donors (Lipinski definition) is 0. The summed E-state index contributed by atoms with van der Waals surface area (Å²) in [6.07, 6.45) is -8.76. The number of aryl methyl sites for hydroxylation is 1. The number of rotatable bonds is 28. The van der Waals surface area contributed by atoms with E-state index in [1.54, 1.807) is 55.6 Å². The van der Waals surface area contributed by atoms with Crippen molar-refractivity contribution in [3.05, 3.63) is 269 Å². The van der Waals surface area contributed by atoms with Gasteiger partial charge >= 0.3 is 0 Å². The number of thioether (sulfide) groups is 1. The molecule has 3 aliphatic rings. The maximum atomic E-state index is 15.0. The van der Waals surface area contributed by atoms with Gasteiger partial charge in [-0.05, 0) is 90.2 Å². The minimum atomic E-state index is -1.32. The number of imide groups is 1. The standard InChI is InChI=1S/C72H72INO13S/c1-48-33-39-57(40-34-48)88-72-67(66(82-45-54-29-17-8-18-30-54)63(80-43-52-25-13-6-14-26-52)60(85-72)46-78-41-50-21-9-4-10-22-50)87-70(49(2)73)86-64-61(47-79-42-51-23-11-5-12-24-51)84-71(83-56-37-35-55(77-3)36-38-56)62(65(64)81-44-53-27-15-7-16-28-53)74-68(75)58-31-19-20-32-59(58)69(74)76/h4-40,49,60-67,70-72H,41-47H2,1-3H3/t49?,60-,61-,62-,63-,64-,65-,66+,67+,70?,71-,72-/m1/s1. The van der Waals surface area contributed by atoms with Crippen molar-refractivity contribution in [2.75, 3.05) is 20.3 Å². The van der Waals surface area contributed by atoms with Gasteiger partial charge in [0.1, 0.15) is 65.7 Å². The number of nitrogens with zero attached hydrogens (tertiary/aromatic N) is 1. The maximum absolute atomic E-state index is 15.0. The van der Waals surface area contributed by atoms with Crippen LogP contribution in [0.4, 0.5) is 0 Å². The third-order valence-corrected chi connectivity index (χ3v) is 17.3. The number of carbonyl (C=O) groups excluding carboxylic acids is 2. The molecule has 16 heteroatoms. The number of amides is 2. The Balaban J connectivity index is 1.01. The Kier molecular flexibility index (Phi) is 22.2. The van der Waals surface area contributed by atoms with Gasteiger partial charge in [0.05, 0.1) is 68.4 Å². The highest BCUT2D eigenvalue weighted by atomic mass is 127. The average molecular weight is 1320 g/mol. The first-order chi connectivity index (χ1) is 43.1. The van der Waals surface area contributed by atoms with Gasteiger partial charge in [-0.25, -0.2) is 0 Å². The Hall–Kier alpha value is -6.78. The maximum Gasteiger partial charge on any atom is 0.262 e. The smallest absolute Gasteiger partial charge is 0.262 e. The second kappa shape index (κ2) is 31.1. The predicted molar refractivity (Wildman–Crippen MR) is 343 cm³/mol. The number of ether oxygens (including phenoxy) is 11. The molecule has 2 fully saturated rings. The highest BCUT2D eigenvalue weighted by Crippen LogP contribution is 2.42. The van der Waals surface area contributed by atoms with Crippen LogP contribution in [0.5, 0.6) is 11.5 Å². The van der Waals surface area contributed by atoms with Crippen molar-refractivity contribution in [3.63, 3.8) is 0 Å². The Bertz CT molecular complexity index is 3400. The molecule has 14 nitrogen and oxygen atoms in total. The van der Waals surface area contributed by atoms with E-state index >= 15 is 9.59 Å². The van der Waals surface area contributed by atoms with E-state index in [1.165, 1.54) is 16.7 Å². The predicted octanol–water partition coefficient (Wildman–Crippen LogP) is 13.4. The number of fused-ring (bicyclic) bond motifs is 1. The molecule has 0 aromatic heterocycles. The molecule has 0 saturated carbocycles. The van der Waals surface area contributed by atoms with Gasteiger partial charge in [0.15, 0.2) is 6.29 Å². The summed E-state index contributed by atoms with van der Waals surface area (Å²) in [7, 11) is 1.58. The molecule has 456 valence electrons. The summed E-state index contributed by atoms with van der Waals surface area (Å²) in [6, 6.07) is 70.5. The Morgan fingerprint density at radius 2 is 0.898 bits per heavy atom. The van der Waals surface area contributed by atoms with E-state index in [0.717, 1.165) is 38.3 Å². The second-order valence-electron chi connectivity index (χ2n) is 21.9. The van der Waals surface area contributed by atoms with Gasteiger partial charge in [-0.1, -0.05) is 216 Å². The fourth-order valence-electron chi connectivity index (χ4n) is 11.0. The van der Waals surface area contributed by atoms with Crippen molar-refractivity contribution in [2.45, 2.75) is 122 Å². The Labute approximate surface area is 532 Å². The van der Waals surface area contributed by atoms with Crippen LogP contribution in [0.15, 0.2) is 229 Å². The van der Waals surface area contributed by atoms with Gasteiger partial charge in [-0.2, -0.15) is 0 Å². The van der Waals surface area contributed by atoms with Crippen LogP contribution < -0.4 is 9.47 Å². The molecular weight excluding hydrogens is 1250 g/mol. The molecule has 0 aliphatic carbocycles. The summed E-state index contributed by atoms with van der Waals surface area (Å²) in [5.41, 5.74) is 5.57. The van der Waals surface area contributed by atoms with Gasteiger partial charge in [0.2, 0.25) is 6.29 Å². The lowest BCUT2D eigenvalue weighted by Gasteiger charge is -2.50. The highest BCUT2D eigenvalue weighted by molar-refractivity contribution is 14.1. The van der Waals surface area contributed by atoms with Crippen LogP contribution in [0, 0.1) is 6.92 Å². The summed E-state index contributed by atoms with van der Waals surface area (Å²) in [6.45, 7) is 5.28. The van der Waals surface area contributed by atoms with Crippen molar-refractivity contribution >= 4 is 46.2 Å². The quantitative estimate of drug-likeness (QED) is 0.0199. The Morgan fingerprint density at radius 1 is 0.477 bits per heavy atom. The lowest BCUT2D eigenvalue weighted by Crippen LogP contribution is -2.68. The molecule has 3 heterocycles. The van der Waals surface area contributed by atoms with Crippen molar-refractivity contribution in [1.29, 1.82) is 0 Å². The molecule has 8 aromatic carbocycles. The zero-order chi connectivity index (χ0) is 60.6. The van der Waals surface area contributed by atoms with Crippen LogP contribution in [-0.2, 0) is 75.7 Å². The van der Waals surface area contributed by atoms with Crippen LogP contribution >= 0.6 is 34.4 Å². The molecule has 0 N–H and O–H groups in total. The van der Waals surface area contributed by atoms with E-state index in [0.29, 0.717) is 18.1 Å². The van der Waals surface area contributed by atoms with E-state index in [4.69, 9.17) is 52.1 Å². The normalized spacial score (nSPS) is 23.3. The lowest BCUT2D eigenvalue weighted by molar-refractivity contribution is -0.326. The number of halogens is 1. The zero-order valence-electron chi connectivity index (χ0n) is 49.3. The summed E-state index contributed by atoms with van der Waals surface area (Å²) >= 11 is 3.84. The SMILES string of the molecule is COc1ccc(O[C@@H]2O[C@H](COCc3ccccc3)[C@@H](OC(O[C@H]3[C@@H](OCc4ccccc4)[C@H](OCc4ccccc4)[C@@H](COCc4ccccc4)O[C@@H]3Sc3ccc(C)cc3)C(C)I)[C@H](OCc3ccccc3)[C@H]2N2C(=O)c3ccccc3C2=O)cc1. The van der Waals surface area contributed by atoms with Crippen LogP contribution in [0.25, 0.3) is 0 Å². The molecule has 11 rings (SSSR count). The molecule has 0 spiro atoms. The first kappa shape index (κ1) is 62.8. The topological polar surface area (TPSA) is 139 Å². The average Bonchev–Trinajstić information content (AvgIpc) is 1.57. The van der Waals surface area contributed by atoms with Gasteiger partial charge in [-0.15, -0.1) is 0 Å². The summed E-state index contributed by atoms with van der Waals surface area (Å²) in [5, 5.41) is 0. The molecule has 0 bridgehead atoms.